The Labute approximate surface area is 200 Å². The van der Waals surface area contributed by atoms with Crippen LogP contribution in [0.25, 0.3) is 22.2 Å². The highest BCUT2D eigenvalue weighted by molar-refractivity contribution is 7.92. The standard InChI is InChI=1S/C23H18ClF2N3O3S/c1-2-9-33(31,32)29-19-8-7-18(25)20(21(19)26)22(30)17-12-28-23-16(17)10-14(11-27-23)13-3-5-15(24)6-4-13/h3-8,10-12,29H,2,9H2,1H3,(H,27,28)/i1D3,2D2. The van der Waals surface area contributed by atoms with Gasteiger partial charge in [0.2, 0.25) is 15.8 Å². The minimum atomic E-state index is -4.77. The number of aromatic nitrogens is 2. The van der Waals surface area contributed by atoms with Gasteiger partial charge in [0.15, 0.2) is 5.82 Å². The molecule has 0 fully saturated rings. The number of anilines is 1. The number of ketones is 1. The van der Waals surface area contributed by atoms with Gasteiger partial charge in [-0.05, 0) is 42.3 Å². The van der Waals surface area contributed by atoms with E-state index < -0.39 is 57.7 Å². The highest BCUT2D eigenvalue weighted by atomic mass is 35.5. The molecule has 0 amide bonds. The van der Waals surface area contributed by atoms with Crippen molar-refractivity contribution in [2.45, 2.75) is 13.2 Å². The van der Waals surface area contributed by atoms with Gasteiger partial charge in [-0.15, -0.1) is 0 Å². The van der Waals surface area contributed by atoms with Crippen molar-refractivity contribution >= 4 is 44.1 Å². The molecule has 0 radical (unpaired) electrons. The number of hydrogen-bond donors (Lipinski definition) is 2. The molecule has 0 saturated heterocycles. The third-order valence-electron chi connectivity index (χ3n) is 4.80. The molecular weight excluding hydrogens is 472 g/mol. The molecule has 33 heavy (non-hydrogen) atoms. The van der Waals surface area contributed by atoms with Gasteiger partial charge in [-0.25, -0.2) is 22.2 Å². The molecular formula is C23H18ClF2N3O3S. The Morgan fingerprint density at radius 1 is 1.21 bits per heavy atom. The van der Waals surface area contributed by atoms with Crippen molar-refractivity contribution in [3.8, 4) is 11.1 Å². The van der Waals surface area contributed by atoms with Crippen LogP contribution in [0.1, 0.15) is 36.0 Å². The van der Waals surface area contributed by atoms with Crippen molar-refractivity contribution in [2.75, 3.05) is 10.5 Å². The molecule has 0 aliphatic heterocycles. The van der Waals surface area contributed by atoms with Gasteiger partial charge in [0.05, 0.1) is 17.0 Å². The quantitative estimate of drug-likeness (QED) is 0.330. The lowest BCUT2D eigenvalue weighted by Crippen LogP contribution is -2.18. The van der Waals surface area contributed by atoms with Crippen LogP contribution in [0.3, 0.4) is 0 Å². The molecule has 2 N–H and O–H groups in total. The minimum Gasteiger partial charge on any atom is -0.345 e. The first-order valence-corrected chi connectivity index (χ1v) is 11.4. The number of H-pyrrole nitrogens is 1. The van der Waals surface area contributed by atoms with Crippen LogP contribution in [0.15, 0.2) is 54.9 Å². The van der Waals surface area contributed by atoms with E-state index in [0.29, 0.717) is 28.3 Å². The third kappa shape index (κ3) is 4.60. The number of carbonyl (C=O) groups excluding carboxylic acids is 1. The fourth-order valence-electron chi connectivity index (χ4n) is 3.26. The fraction of sp³-hybridized carbons (Fsp3) is 0.130. The van der Waals surface area contributed by atoms with E-state index in [0.717, 1.165) is 0 Å². The van der Waals surface area contributed by atoms with Crippen LogP contribution in [0, 0.1) is 11.6 Å². The number of carbonyl (C=O) groups is 1. The molecule has 0 atom stereocenters. The van der Waals surface area contributed by atoms with E-state index >= 15 is 4.39 Å². The first kappa shape index (κ1) is 17.2. The summed E-state index contributed by atoms with van der Waals surface area (Å²) in [5.74, 6) is -5.47. The van der Waals surface area contributed by atoms with Crippen molar-refractivity contribution in [1.29, 1.82) is 0 Å². The van der Waals surface area contributed by atoms with Crippen LogP contribution < -0.4 is 4.72 Å². The maximum atomic E-state index is 15.3. The van der Waals surface area contributed by atoms with Crippen molar-refractivity contribution in [1.82, 2.24) is 9.97 Å². The SMILES string of the molecule is [2H]C([2H])([2H])C([2H])([2H])CS(=O)(=O)Nc1ccc(F)c(C(=O)c2c[nH]c3ncc(-c4ccc(Cl)cc4)cc23)c1F. The monoisotopic (exact) mass is 494 g/mol. The van der Waals surface area contributed by atoms with Crippen LogP contribution in [0.4, 0.5) is 14.5 Å². The van der Waals surface area contributed by atoms with E-state index in [9.17, 15) is 17.6 Å². The Morgan fingerprint density at radius 3 is 2.70 bits per heavy atom. The molecule has 0 aliphatic carbocycles. The van der Waals surface area contributed by atoms with Gasteiger partial charge in [-0.2, -0.15) is 0 Å². The Balaban J connectivity index is 1.72. The van der Waals surface area contributed by atoms with E-state index in [1.165, 1.54) is 12.4 Å². The zero-order chi connectivity index (χ0) is 28.0. The number of aromatic amines is 1. The number of halogens is 3. The van der Waals surface area contributed by atoms with E-state index in [-0.39, 0.29) is 16.6 Å². The number of fused-ring (bicyclic) bond motifs is 1. The number of nitrogens with one attached hydrogen (secondary N) is 2. The highest BCUT2D eigenvalue weighted by Crippen LogP contribution is 2.30. The molecule has 0 spiro atoms. The molecule has 0 aliphatic rings. The lowest BCUT2D eigenvalue weighted by Gasteiger charge is -2.11. The molecule has 4 aromatic rings. The summed E-state index contributed by atoms with van der Waals surface area (Å²) in [5.41, 5.74) is -0.490. The number of nitrogens with zero attached hydrogens (tertiary/aromatic N) is 1. The average Bonchev–Trinajstić information content (AvgIpc) is 3.23. The fourth-order valence-corrected chi connectivity index (χ4v) is 4.15. The smallest absolute Gasteiger partial charge is 0.232 e. The number of hydrogen-bond acceptors (Lipinski definition) is 4. The van der Waals surface area contributed by atoms with Gasteiger partial charge < -0.3 is 4.98 Å². The molecule has 10 heteroatoms. The molecule has 0 saturated carbocycles. The topological polar surface area (TPSA) is 91.9 Å². The Bertz CT molecular complexity index is 1660. The third-order valence-corrected chi connectivity index (χ3v) is 6.11. The van der Waals surface area contributed by atoms with Crippen LogP contribution in [0.2, 0.25) is 5.02 Å². The number of pyridine rings is 1. The largest absolute Gasteiger partial charge is 0.345 e. The number of rotatable bonds is 7. The maximum Gasteiger partial charge on any atom is 0.232 e. The van der Waals surface area contributed by atoms with E-state index in [2.05, 4.69) is 9.97 Å². The van der Waals surface area contributed by atoms with Gasteiger partial charge in [-0.3, -0.25) is 9.52 Å². The Kier molecular flexibility index (Phi) is 4.65. The van der Waals surface area contributed by atoms with Gasteiger partial charge in [-0.1, -0.05) is 30.6 Å². The van der Waals surface area contributed by atoms with Gasteiger partial charge in [0.1, 0.15) is 11.5 Å². The highest BCUT2D eigenvalue weighted by Gasteiger charge is 2.26. The molecule has 2 heterocycles. The van der Waals surface area contributed by atoms with Crippen LogP contribution in [-0.4, -0.2) is 29.9 Å². The number of sulfonamides is 1. The number of benzene rings is 2. The first-order valence-electron chi connectivity index (χ1n) is 11.9. The Morgan fingerprint density at radius 2 is 1.97 bits per heavy atom. The van der Waals surface area contributed by atoms with Crippen molar-refractivity contribution < 1.29 is 28.8 Å². The molecule has 6 nitrogen and oxygen atoms in total. The van der Waals surface area contributed by atoms with E-state index in [1.807, 2.05) is 0 Å². The predicted octanol–water partition coefficient (Wildman–Crippen LogP) is 5.54. The van der Waals surface area contributed by atoms with Crippen molar-refractivity contribution in [3.63, 3.8) is 0 Å². The zero-order valence-electron chi connectivity index (χ0n) is 21.6. The van der Waals surface area contributed by atoms with Crippen LogP contribution in [-0.2, 0) is 10.0 Å². The maximum absolute atomic E-state index is 15.3. The van der Waals surface area contributed by atoms with Gasteiger partial charge in [0.25, 0.3) is 0 Å². The van der Waals surface area contributed by atoms with Gasteiger partial charge in [0, 0.05) is 40.8 Å². The lowest BCUT2D eigenvalue weighted by atomic mass is 10.00. The zero-order valence-corrected chi connectivity index (χ0v) is 18.2. The Hall–Kier alpha value is -3.30. The molecule has 2 aromatic heterocycles. The predicted molar refractivity (Wildman–Crippen MR) is 124 cm³/mol. The summed E-state index contributed by atoms with van der Waals surface area (Å²) in [5, 5.41) is 0.759. The first-order chi connectivity index (χ1) is 17.6. The molecule has 2 aromatic carbocycles. The van der Waals surface area contributed by atoms with Crippen LogP contribution >= 0.6 is 11.6 Å². The second-order valence-electron chi connectivity index (χ2n) is 6.98. The van der Waals surface area contributed by atoms with E-state index in [4.69, 9.17) is 18.5 Å². The minimum absolute atomic E-state index is 0.139. The summed E-state index contributed by atoms with van der Waals surface area (Å²) < 4.78 is 93.1. The summed E-state index contributed by atoms with van der Waals surface area (Å²) in [6.07, 6.45) is -0.413. The molecule has 4 rings (SSSR count). The van der Waals surface area contributed by atoms with Crippen molar-refractivity contribution in [2.24, 2.45) is 0 Å². The molecule has 170 valence electrons. The summed E-state index contributed by atoms with van der Waals surface area (Å²) in [6.45, 7) is -3.28. The van der Waals surface area contributed by atoms with Crippen LogP contribution in [0.5, 0.6) is 0 Å². The van der Waals surface area contributed by atoms with Gasteiger partial charge >= 0.3 is 0 Å². The van der Waals surface area contributed by atoms with E-state index in [1.54, 1.807) is 35.1 Å². The normalized spacial score (nSPS) is 14.7. The molecule has 0 unspecified atom stereocenters. The molecule has 0 bridgehead atoms. The summed E-state index contributed by atoms with van der Waals surface area (Å²) in [7, 11) is -4.77. The average molecular weight is 495 g/mol. The second kappa shape index (κ2) is 8.92. The summed E-state index contributed by atoms with van der Waals surface area (Å²) in [4.78, 5) is 20.3. The lowest BCUT2D eigenvalue weighted by molar-refractivity contribution is 0.103. The van der Waals surface area contributed by atoms with Crippen molar-refractivity contribution in [3.05, 3.63) is 82.6 Å². The summed E-state index contributed by atoms with van der Waals surface area (Å²) >= 11 is 5.92. The second-order valence-corrected chi connectivity index (χ2v) is 9.14. The summed E-state index contributed by atoms with van der Waals surface area (Å²) in [6, 6.07) is 9.73.